The Morgan fingerprint density at radius 3 is 2.08 bits per heavy atom. The number of hydrogen-bond donors (Lipinski definition) is 2. The summed E-state index contributed by atoms with van der Waals surface area (Å²) in [6.07, 6.45) is -0.111. The number of carboxylic acids is 1. The maximum absolute atomic E-state index is 10.7. The highest BCUT2D eigenvalue weighted by atomic mass is 16.4. The number of carbonyl (C=O) groups excluding carboxylic acids is 1. The summed E-state index contributed by atoms with van der Waals surface area (Å²) < 4.78 is 0. The lowest BCUT2D eigenvalue weighted by molar-refractivity contribution is -0.140. The molecule has 0 rings (SSSR count). The third kappa shape index (κ3) is 7.05. The lowest BCUT2D eigenvalue weighted by atomic mass is 10.1. The number of hydrogen-bond acceptors (Lipinski definition) is 2. The third-order valence-corrected chi connectivity index (χ3v) is 1.17. The van der Waals surface area contributed by atoms with E-state index in [2.05, 4.69) is 5.32 Å². The van der Waals surface area contributed by atoms with Crippen molar-refractivity contribution >= 4 is 11.9 Å². The SMILES string of the molecule is CC.CNC(=O)C(C)CC(=O)O. The molecule has 4 heteroatoms. The highest BCUT2D eigenvalue weighted by Gasteiger charge is 2.13. The summed E-state index contributed by atoms with van der Waals surface area (Å²) in [6, 6.07) is 0. The van der Waals surface area contributed by atoms with E-state index in [4.69, 9.17) is 5.11 Å². The van der Waals surface area contributed by atoms with Gasteiger partial charge in [-0.2, -0.15) is 0 Å². The van der Waals surface area contributed by atoms with Crippen LogP contribution in [0.25, 0.3) is 0 Å². The van der Waals surface area contributed by atoms with Gasteiger partial charge in [-0.3, -0.25) is 9.59 Å². The van der Waals surface area contributed by atoms with Crippen LogP contribution in [0.1, 0.15) is 27.2 Å². The molecule has 1 atom stereocenters. The van der Waals surface area contributed by atoms with E-state index >= 15 is 0 Å². The van der Waals surface area contributed by atoms with Gasteiger partial charge in [0.25, 0.3) is 0 Å². The number of carbonyl (C=O) groups is 2. The lowest BCUT2D eigenvalue weighted by Crippen LogP contribution is -2.26. The molecule has 0 heterocycles. The van der Waals surface area contributed by atoms with Crippen LogP contribution >= 0.6 is 0 Å². The number of rotatable bonds is 3. The van der Waals surface area contributed by atoms with Crippen molar-refractivity contribution in [3.8, 4) is 0 Å². The molecule has 4 nitrogen and oxygen atoms in total. The van der Waals surface area contributed by atoms with Gasteiger partial charge in [-0.15, -0.1) is 0 Å². The van der Waals surface area contributed by atoms with Crippen molar-refractivity contribution in [1.29, 1.82) is 0 Å². The maximum Gasteiger partial charge on any atom is 0.304 e. The summed E-state index contributed by atoms with van der Waals surface area (Å²) >= 11 is 0. The van der Waals surface area contributed by atoms with Gasteiger partial charge in [0, 0.05) is 13.0 Å². The molecule has 0 aliphatic carbocycles. The lowest BCUT2D eigenvalue weighted by Gasteiger charge is -2.04. The second-order valence-corrected chi connectivity index (χ2v) is 2.11. The predicted octanol–water partition coefficient (Wildman–Crippen LogP) is 0.869. The number of aliphatic carboxylic acids is 1. The van der Waals surface area contributed by atoms with Crippen LogP contribution in [0.2, 0.25) is 0 Å². The molecule has 0 saturated carbocycles. The Morgan fingerprint density at radius 2 is 1.83 bits per heavy atom. The summed E-state index contributed by atoms with van der Waals surface area (Å²) in [6.45, 7) is 5.58. The van der Waals surface area contributed by atoms with Crippen molar-refractivity contribution in [3.05, 3.63) is 0 Å². The fourth-order valence-corrected chi connectivity index (χ4v) is 0.601. The van der Waals surface area contributed by atoms with Crippen molar-refractivity contribution in [1.82, 2.24) is 5.32 Å². The molecule has 0 aliphatic rings. The second-order valence-electron chi connectivity index (χ2n) is 2.11. The van der Waals surface area contributed by atoms with E-state index in [0.29, 0.717) is 0 Å². The van der Waals surface area contributed by atoms with Crippen LogP contribution in [-0.2, 0) is 9.59 Å². The van der Waals surface area contributed by atoms with Crippen LogP contribution in [0.15, 0.2) is 0 Å². The van der Waals surface area contributed by atoms with Crippen LogP contribution in [0.3, 0.4) is 0 Å². The second kappa shape index (κ2) is 8.04. The molecule has 0 aromatic heterocycles. The van der Waals surface area contributed by atoms with Crippen molar-refractivity contribution in [2.24, 2.45) is 5.92 Å². The summed E-state index contributed by atoms with van der Waals surface area (Å²) in [7, 11) is 1.49. The highest BCUT2D eigenvalue weighted by Crippen LogP contribution is 1.99. The molecular formula is C8H17NO3. The van der Waals surface area contributed by atoms with Gasteiger partial charge in [0.1, 0.15) is 0 Å². The first-order valence-electron chi connectivity index (χ1n) is 4.01. The van der Waals surface area contributed by atoms with Gasteiger partial charge in [0.2, 0.25) is 5.91 Å². The van der Waals surface area contributed by atoms with Gasteiger partial charge in [-0.05, 0) is 0 Å². The van der Waals surface area contributed by atoms with Crippen molar-refractivity contribution < 1.29 is 14.7 Å². The average molecular weight is 175 g/mol. The molecule has 72 valence electrons. The topological polar surface area (TPSA) is 66.4 Å². The molecule has 12 heavy (non-hydrogen) atoms. The van der Waals surface area contributed by atoms with Gasteiger partial charge >= 0.3 is 5.97 Å². The van der Waals surface area contributed by atoms with Crippen LogP contribution in [-0.4, -0.2) is 24.0 Å². The molecule has 1 unspecified atom stereocenters. The minimum atomic E-state index is -0.948. The molecule has 1 amide bonds. The Hall–Kier alpha value is -1.06. The van der Waals surface area contributed by atoms with Gasteiger partial charge in [0.05, 0.1) is 6.42 Å². The largest absolute Gasteiger partial charge is 0.481 e. The molecule has 0 saturated heterocycles. The zero-order valence-electron chi connectivity index (χ0n) is 8.05. The fraction of sp³-hybridized carbons (Fsp3) is 0.750. The maximum atomic E-state index is 10.7. The first kappa shape index (κ1) is 13.5. The zero-order valence-corrected chi connectivity index (χ0v) is 8.05. The molecule has 0 aromatic rings. The first-order valence-corrected chi connectivity index (χ1v) is 4.01. The Balaban J connectivity index is 0. The smallest absolute Gasteiger partial charge is 0.304 e. The summed E-state index contributed by atoms with van der Waals surface area (Å²) in [4.78, 5) is 20.7. The number of amides is 1. The third-order valence-electron chi connectivity index (χ3n) is 1.17. The van der Waals surface area contributed by atoms with Gasteiger partial charge < -0.3 is 10.4 Å². The minimum Gasteiger partial charge on any atom is -0.481 e. The number of nitrogens with one attached hydrogen (secondary N) is 1. The Labute approximate surface area is 73.0 Å². The monoisotopic (exact) mass is 175 g/mol. The van der Waals surface area contributed by atoms with Gasteiger partial charge in [0.15, 0.2) is 0 Å². The standard InChI is InChI=1S/C6H11NO3.C2H6/c1-4(3-5(8)9)6(10)7-2;1-2/h4H,3H2,1-2H3,(H,7,10)(H,8,9);1-2H3. The summed E-state index contributed by atoms with van der Waals surface area (Å²) in [5.41, 5.74) is 0. The Kier molecular flexibility index (Phi) is 9.06. The summed E-state index contributed by atoms with van der Waals surface area (Å²) in [5.74, 6) is -1.62. The van der Waals surface area contributed by atoms with Gasteiger partial charge in [-0.1, -0.05) is 20.8 Å². The number of carboxylic acid groups (broad SMARTS) is 1. The minimum absolute atomic E-state index is 0.111. The van der Waals surface area contributed by atoms with Crippen molar-refractivity contribution in [2.75, 3.05) is 7.05 Å². The molecular weight excluding hydrogens is 158 g/mol. The van der Waals surface area contributed by atoms with Crippen LogP contribution < -0.4 is 5.32 Å². The highest BCUT2D eigenvalue weighted by molar-refractivity contribution is 5.82. The molecule has 0 fully saturated rings. The molecule has 2 N–H and O–H groups in total. The van der Waals surface area contributed by atoms with Crippen molar-refractivity contribution in [2.45, 2.75) is 27.2 Å². The van der Waals surface area contributed by atoms with E-state index in [-0.39, 0.29) is 12.3 Å². The molecule has 0 radical (unpaired) electrons. The van der Waals surface area contributed by atoms with Crippen LogP contribution in [0.5, 0.6) is 0 Å². The first-order chi connectivity index (χ1) is 5.57. The van der Waals surface area contributed by atoms with Crippen LogP contribution in [0, 0.1) is 5.92 Å². The average Bonchev–Trinajstić information content (AvgIpc) is 2.05. The zero-order chi connectivity index (χ0) is 10.1. The Bertz CT molecular complexity index is 145. The van der Waals surface area contributed by atoms with E-state index in [0.717, 1.165) is 0 Å². The fourth-order valence-electron chi connectivity index (χ4n) is 0.601. The van der Waals surface area contributed by atoms with Crippen molar-refractivity contribution in [3.63, 3.8) is 0 Å². The molecule has 0 aromatic carbocycles. The molecule has 0 spiro atoms. The van der Waals surface area contributed by atoms with E-state index < -0.39 is 11.9 Å². The molecule has 0 aliphatic heterocycles. The molecule has 0 bridgehead atoms. The summed E-state index contributed by atoms with van der Waals surface area (Å²) in [5, 5.41) is 10.6. The Morgan fingerprint density at radius 1 is 1.42 bits per heavy atom. The van der Waals surface area contributed by atoms with Crippen LogP contribution in [0.4, 0.5) is 0 Å². The van der Waals surface area contributed by atoms with E-state index in [1.807, 2.05) is 13.8 Å². The predicted molar refractivity (Wildman–Crippen MR) is 46.8 cm³/mol. The van der Waals surface area contributed by atoms with E-state index in [9.17, 15) is 9.59 Å². The normalized spacial score (nSPS) is 10.7. The van der Waals surface area contributed by atoms with Gasteiger partial charge in [-0.25, -0.2) is 0 Å². The van der Waals surface area contributed by atoms with E-state index in [1.54, 1.807) is 6.92 Å². The quantitative estimate of drug-likeness (QED) is 0.668. The van der Waals surface area contributed by atoms with E-state index in [1.165, 1.54) is 7.05 Å².